The quantitative estimate of drug-likeness (QED) is 0.798. The number of hydrogen-bond donors (Lipinski definition) is 1. The van der Waals surface area contributed by atoms with E-state index in [-0.39, 0.29) is 22.8 Å². The van der Waals surface area contributed by atoms with Gasteiger partial charge in [0.05, 0.1) is 6.04 Å². The predicted octanol–water partition coefficient (Wildman–Crippen LogP) is 3.42. The molecular weight excluding hydrogens is 248 g/mol. The van der Waals surface area contributed by atoms with Crippen LogP contribution in [0.3, 0.4) is 0 Å². The summed E-state index contributed by atoms with van der Waals surface area (Å²) < 4.78 is 0. The third kappa shape index (κ3) is 3.63. The van der Waals surface area contributed by atoms with Gasteiger partial charge in [0.25, 0.3) is 0 Å². The number of carbonyl (C=O) groups is 1. The molecular formula is C17H32N2O. The first-order chi connectivity index (χ1) is 8.85. The first kappa shape index (κ1) is 17.2. The van der Waals surface area contributed by atoms with Gasteiger partial charge >= 0.3 is 0 Å². The average molecular weight is 280 g/mol. The van der Waals surface area contributed by atoms with Crippen LogP contribution in [0.4, 0.5) is 0 Å². The van der Waals surface area contributed by atoms with Crippen LogP contribution in [0.25, 0.3) is 0 Å². The normalized spacial score (nSPS) is 23.1. The summed E-state index contributed by atoms with van der Waals surface area (Å²) in [7, 11) is 2.06. The molecule has 0 radical (unpaired) electrons. The molecule has 1 atom stereocenters. The molecule has 1 rings (SSSR count). The van der Waals surface area contributed by atoms with E-state index in [2.05, 4.69) is 72.7 Å². The molecule has 3 heteroatoms. The van der Waals surface area contributed by atoms with Crippen LogP contribution in [-0.2, 0) is 4.79 Å². The molecule has 1 aliphatic heterocycles. The predicted molar refractivity (Wildman–Crippen MR) is 85.3 cm³/mol. The molecule has 0 aromatic heterocycles. The number of rotatable bonds is 1. The maximum absolute atomic E-state index is 12.6. The number of amides is 1. The molecule has 0 aromatic carbocycles. The molecule has 1 N–H and O–H groups in total. The van der Waals surface area contributed by atoms with E-state index in [0.717, 1.165) is 12.2 Å². The first-order valence-corrected chi connectivity index (χ1v) is 7.61. The lowest BCUT2D eigenvalue weighted by Crippen LogP contribution is -2.46. The van der Waals surface area contributed by atoms with Crippen molar-refractivity contribution < 1.29 is 4.79 Å². The van der Waals surface area contributed by atoms with Gasteiger partial charge in [-0.15, -0.1) is 0 Å². The van der Waals surface area contributed by atoms with Crippen LogP contribution in [0.5, 0.6) is 0 Å². The molecule has 3 nitrogen and oxygen atoms in total. The van der Waals surface area contributed by atoms with Crippen molar-refractivity contribution in [1.29, 1.82) is 0 Å². The molecule has 0 spiro atoms. The maximum Gasteiger partial charge on any atom is 0.241 e. The summed E-state index contributed by atoms with van der Waals surface area (Å²) in [6, 6.07) is -0.0628. The number of nitrogens with zero attached hydrogens (tertiary/aromatic N) is 1. The molecule has 0 saturated heterocycles. The Morgan fingerprint density at radius 1 is 1.10 bits per heavy atom. The van der Waals surface area contributed by atoms with Gasteiger partial charge in [-0.25, -0.2) is 0 Å². The highest BCUT2D eigenvalue weighted by Gasteiger charge is 2.37. The second kappa shape index (κ2) is 5.51. The largest absolute Gasteiger partial charge is 0.328 e. The molecule has 20 heavy (non-hydrogen) atoms. The summed E-state index contributed by atoms with van der Waals surface area (Å²) >= 11 is 0. The molecule has 116 valence electrons. The lowest BCUT2D eigenvalue weighted by Gasteiger charge is -2.33. The molecule has 0 fully saturated rings. The van der Waals surface area contributed by atoms with Gasteiger partial charge in [-0.2, -0.15) is 0 Å². The summed E-state index contributed by atoms with van der Waals surface area (Å²) in [5.41, 5.74) is 2.44. The van der Waals surface area contributed by atoms with Crippen LogP contribution < -0.4 is 5.32 Å². The van der Waals surface area contributed by atoms with E-state index in [1.807, 2.05) is 0 Å². The summed E-state index contributed by atoms with van der Waals surface area (Å²) in [5, 5.41) is 3.24. The van der Waals surface area contributed by atoms with Crippen molar-refractivity contribution >= 4 is 5.91 Å². The Morgan fingerprint density at radius 3 is 1.95 bits per heavy atom. The summed E-state index contributed by atoms with van der Waals surface area (Å²) in [4.78, 5) is 14.8. The fraction of sp³-hybridized carbons (Fsp3) is 0.824. The van der Waals surface area contributed by atoms with Crippen molar-refractivity contribution in [2.75, 3.05) is 13.6 Å². The smallest absolute Gasteiger partial charge is 0.241 e. The molecule has 0 bridgehead atoms. The van der Waals surface area contributed by atoms with Gasteiger partial charge in [0, 0.05) is 17.7 Å². The van der Waals surface area contributed by atoms with Crippen molar-refractivity contribution in [2.45, 2.75) is 61.4 Å². The third-order valence-corrected chi connectivity index (χ3v) is 3.99. The van der Waals surface area contributed by atoms with Gasteiger partial charge in [0.1, 0.15) is 0 Å². The van der Waals surface area contributed by atoms with Gasteiger partial charge < -0.3 is 5.32 Å². The van der Waals surface area contributed by atoms with Crippen molar-refractivity contribution in [3.63, 3.8) is 0 Å². The second-order valence-electron chi connectivity index (χ2n) is 8.45. The van der Waals surface area contributed by atoms with Crippen LogP contribution in [-0.4, -0.2) is 30.4 Å². The molecule has 0 unspecified atom stereocenters. The van der Waals surface area contributed by atoms with E-state index in [0.29, 0.717) is 5.92 Å². The standard InChI is InChI=1S/C17H32N2O/c1-11(2)13-15(20)18-14(17(6,7)8)12(10-19(13)9)16(3,4)5/h11,13H,10H2,1-9H3,(H,18,20)/t13-/m1/s1. The number of carbonyl (C=O) groups excluding carboxylic acids is 1. The lowest BCUT2D eigenvalue weighted by atomic mass is 9.78. The van der Waals surface area contributed by atoms with Crippen molar-refractivity contribution in [1.82, 2.24) is 10.2 Å². The fourth-order valence-electron chi connectivity index (χ4n) is 2.96. The minimum atomic E-state index is -0.0628. The zero-order valence-electron chi connectivity index (χ0n) is 14.7. The van der Waals surface area contributed by atoms with Gasteiger partial charge in [0.2, 0.25) is 5.91 Å². The van der Waals surface area contributed by atoms with Crippen LogP contribution in [0.2, 0.25) is 0 Å². The Kier molecular flexibility index (Phi) is 4.75. The molecule has 1 amide bonds. The highest BCUT2D eigenvalue weighted by molar-refractivity contribution is 5.84. The Hall–Kier alpha value is -0.830. The van der Waals surface area contributed by atoms with Crippen molar-refractivity contribution in [3.8, 4) is 0 Å². The maximum atomic E-state index is 12.6. The minimum absolute atomic E-state index is 0.0506. The van der Waals surface area contributed by atoms with Gasteiger partial charge in [-0.05, 0) is 24.0 Å². The monoisotopic (exact) mass is 280 g/mol. The number of likely N-dealkylation sites (N-methyl/N-ethyl adjacent to an activating group) is 1. The Balaban J connectivity index is 3.36. The number of nitrogens with one attached hydrogen (secondary N) is 1. The molecule has 1 aliphatic rings. The number of hydrogen-bond acceptors (Lipinski definition) is 2. The molecule has 0 aromatic rings. The van der Waals surface area contributed by atoms with Gasteiger partial charge in [0.15, 0.2) is 0 Å². The Morgan fingerprint density at radius 2 is 1.60 bits per heavy atom. The van der Waals surface area contributed by atoms with Gasteiger partial charge in [-0.3, -0.25) is 9.69 Å². The lowest BCUT2D eigenvalue weighted by molar-refractivity contribution is -0.126. The second-order valence-corrected chi connectivity index (χ2v) is 8.45. The van der Waals surface area contributed by atoms with E-state index >= 15 is 0 Å². The summed E-state index contributed by atoms with van der Waals surface area (Å²) in [5.74, 6) is 0.437. The average Bonchev–Trinajstić information content (AvgIpc) is 2.32. The van der Waals surface area contributed by atoms with E-state index in [1.165, 1.54) is 5.57 Å². The topological polar surface area (TPSA) is 32.3 Å². The van der Waals surface area contributed by atoms with E-state index in [1.54, 1.807) is 0 Å². The summed E-state index contributed by atoms with van der Waals surface area (Å²) in [6.45, 7) is 18.3. The van der Waals surface area contributed by atoms with Crippen LogP contribution in [0.15, 0.2) is 11.3 Å². The molecule has 0 saturated carbocycles. The zero-order valence-corrected chi connectivity index (χ0v) is 14.7. The summed E-state index contributed by atoms with van der Waals surface area (Å²) in [6.07, 6.45) is 0. The van der Waals surface area contributed by atoms with Crippen molar-refractivity contribution in [3.05, 3.63) is 11.3 Å². The van der Waals surface area contributed by atoms with Crippen molar-refractivity contribution in [2.24, 2.45) is 16.7 Å². The SMILES string of the molecule is CC(C)[C@@H]1C(=O)NC(C(C)(C)C)=C(C(C)(C)C)CN1C. The Labute approximate surface area is 124 Å². The highest BCUT2D eigenvalue weighted by Crippen LogP contribution is 2.37. The minimum Gasteiger partial charge on any atom is -0.328 e. The van der Waals surface area contributed by atoms with Crippen LogP contribution in [0.1, 0.15) is 55.4 Å². The van der Waals surface area contributed by atoms with E-state index < -0.39 is 0 Å². The van der Waals surface area contributed by atoms with E-state index in [4.69, 9.17) is 0 Å². The van der Waals surface area contributed by atoms with Gasteiger partial charge in [-0.1, -0.05) is 55.4 Å². The van der Waals surface area contributed by atoms with E-state index in [9.17, 15) is 4.79 Å². The third-order valence-electron chi connectivity index (χ3n) is 3.99. The fourth-order valence-corrected chi connectivity index (χ4v) is 2.96. The Bertz CT molecular complexity index is 408. The molecule has 1 heterocycles. The molecule has 0 aliphatic carbocycles. The zero-order chi connectivity index (χ0) is 15.9. The number of allylic oxidation sites excluding steroid dienone is 1. The first-order valence-electron chi connectivity index (χ1n) is 7.61. The highest BCUT2D eigenvalue weighted by atomic mass is 16.2. The van der Waals surface area contributed by atoms with Crippen LogP contribution in [0, 0.1) is 16.7 Å². The van der Waals surface area contributed by atoms with Crippen LogP contribution >= 0.6 is 0 Å².